The normalized spacial score (nSPS) is 12.1. The van der Waals surface area contributed by atoms with Crippen molar-refractivity contribution < 1.29 is 17.6 Å². The van der Waals surface area contributed by atoms with Gasteiger partial charge >= 0.3 is 6.18 Å². The van der Waals surface area contributed by atoms with Gasteiger partial charge in [0, 0.05) is 6.20 Å². The Kier molecular flexibility index (Phi) is 4.07. The molecular weight excluding hydrogens is 381 g/mol. The molecule has 0 radical (unpaired) electrons. The van der Waals surface area contributed by atoms with Crippen molar-refractivity contribution in [3.63, 3.8) is 0 Å². The summed E-state index contributed by atoms with van der Waals surface area (Å²) in [6.45, 7) is 0. The molecule has 0 amide bonds. The number of fused-ring (bicyclic) bond motifs is 1. The largest absolute Gasteiger partial charge is 0.417 e. The third-order valence-corrected chi connectivity index (χ3v) is 4.03. The second-order valence-corrected chi connectivity index (χ2v) is 5.85. The van der Waals surface area contributed by atoms with Crippen molar-refractivity contribution in [3.05, 3.63) is 40.1 Å². The Labute approximate surface area is 139 Å². The number of hydrogen-bond acceptors (Lipinski definition) is 5. The highest BCUT2D eigenvalue weighted by atomic mass is 35.5. The number of halogens is 6. The van der Waals surface area contributed by atoms with Gasteiger partial charge in [-0.15, -0.1) is 10.2 Å². The average molecular weight is 384 g/mol. The van der Waals surface area contributed by atoms with Crippen LogP contribution in [-0.4, -0.2) is 24.6 Å². The lowest BCUT2D eigenvalue weighted by molar-refractivity contribution is -0.137. The van der Waals surface area contributed by atoms with Gasteiger partial charge in [0.25, 0.3) is 0 Å². The summed E-state index contributed by atoms with van der Waals surface area (Å²) in [4.78, 5) is 7.10. The van der Waals surface area contributed by atoms with Crippen LogP contribution in [0.2, 0.25) is 10.3 Å². The maximum absolute atomic E-state index is 13.6. The Balaban J connectivity index is 2.11. The number of rotatable bonds is 2. The second kappa shape index (κ2) is 5.77. The van der Waals surface area contributed by atoms with Crippen molar-refractivity contribution in [2.24, 2.45) is 0 Å². The van der Waals surface area contributed by atoms with Crippen LogP contribution in [0.5, 0.6) is 0 Å². The lowest BCUT2D eigenvalue weighted by Crippen LogP contribution is -2.07. The highest BCUT2D eigenvalue weighted by Crippen LogP contribution is 2.34. The van der Waals surface area contributed by atoms with E-state index in [4.69, 9.17) is 23.2 Å². The zero-order valence-corrected chi connectivity index (χ0v) is 13.0. The van der Waals surface area contributed by atoms with E-state index < -0.39 is 17.6 Å². The van der Waals surface area contributed by atoms with Crippen molar-refractivity contribution >= 4 is 40.6 Å². The fraction of sp³-hybridized carbons (Fsp3) is 0.0909. The van der Waals surface area contributed by atoms with E-state index >= 15 is 0 Å². The molecule has 0 N–H and O–H groups in total. The maximum atomic E-state index is 13.6. The first-order chi connectivity index (χ1) is 10.8. The molecule has 0 atom stereocenters. The first-order valence-electron chi connectivity index (χ1n) is 5.73. The highest BCUT2D eigenvalue weighted by molar-refractivity contribution is 7.99. The van der Waals surface area contributed by atoms with E-state index in [9.17, 15) is 17.6 Å². The third kappa shape index (κ3) is 3.19. The third-order valence-electron chi connectivity index (χ3n) is 2.63. The molecule has 12 heteroatoms. The van der Waals surface area contributed by atoms with Crippen molar-refractivity contribution in [1.29, 1.82) is 0 Å². The van der Waals surface area contributed by atoms with Crippen molar-refractivity contribution in [3.8, 4) is 0 Å². The fourth-order valence-electron chi connectivity index (χ4n) is 1.65. The van der Waals surface area contributed by atoms with Gasteiger partial charge in [0.2, 0.25) is 10.4 Å². The molecule has 3 aromatic heterocycles. The molecule has 0 saturated carbocycles. The Morgan fingerprint density at radius 1 is 1.17 bits per heavy atom. The lowest BCUT2D eigenvalue weighted by atomic mass is 10.3. The standard InChI is InChI=1S/C11H3Cl2F4N5S/c12-5-1-4(11(15,16)17)3-22-7(5)20-21-10(22)23-8-6(14)2-18-9(13)19-8/h1-3H. The Bertz CT molecular complexity index is 898. The molecule has 0 aliphatic carbocycles. The van der Waals surface area contributed by atoms with E-state index in [2.05, 4.69) is 20.2 Å². The number of pyridine rings is 1. The van der Waals surface area contributed by atoms with Gasteiger partial charge in [0.15, 0.2) is 11.5 Å². The van der Waals surface area contributed by atoms with Gasteiger partial charge in [-0.05, 0) is 29.4 Å². The summed E-state index contributed by atoms with van der Waals surface area (Å²) in [6.07, 6.45) is -2.99. The molecule has 5 nitrogen and oxygen atoms in total. The molecular formula is C11H3Cl2F4N5S. The quantitative estimate of drug-likeness (QED) is 0.378. The SMILES string of the molecule is Fc1cnc(Cl)nc1Sc1nnc2c(Cl)cc(C(F)(F)F)cn12. The van der Waals surface area contributed by atoms with E-state index in [0.29, 0.717) is 11.8 Å². The molecule has 0 aromatic carbocycles. The van der Waals surface area contributed by atoms with Gasteiger partial charge in [-0.1, -0.05) is 11.6 Å². The summed E-state index contributed by atoms with van der Waals surface area (Å²) in [5.74, 6) is -0.797. The second-order valence-electron chi connectivity index (χ2n) is 4.14. The predicted molar refractivity (Wildman–Crippen MR) is 74.1 cm³/mol. The van der Waals surface area contributed by atoms with Gasteiger partial charge in [0.1, 0.15) is 5.03 Å². The number of hydrogen-bond donors (Lipinski definition) is 0. The summed E-state index contributed by atoms with van der Waals surface area (Å²) in [5.41, 5.74) is -0.986. The average Bonchev–Trinajstić information content (AvgIpc) is 2.86. The molecule has 3 rings (SSSR count). The molecule has 120 valence electrons. The lowest BCUT2D eigenvalue weighted by Gasteiger charge is -2.08. The maximum Gasteiger partial charge on any atom is 0.417 e. The van der Waals surface area contributed by atoms with E-state index in [1.807, 2.05) is 0 Å². The van der Waals surface area contributed by atoms with Crippen molar-refractivity contribution in [1.82, 2.24) is 24.6 Å². The first kappa shape index (κ1) is 16.2. The number of aromatic nitrogens is 5. The summed E-state index contributed by atoms with van der Waals surface area (Å²) in [5, 5.41) is 6.68. The van der Waals surface area contributed by atoms with Crippen LogP contribution in [0.4, 0.5) is 17.6 Å². The zero-order valence-electron chi connectivity index (χ0n) is 10.6. The van der Waals surface area contributed by atoms with Crippen LogP contribution < -0.4 is 0 Å². The van der Waals surface area contributed by atoms with Crippen molar-refractivity contribution in [2.45, 2.75) is 16.4 Å². The topological polar surface area (TPSA) is 56.0 Å². The smallest absolute Gasteiger partial charge is 0.275 e. The van der Waals surface area contributed by atoms with Crippen LogP contribution in [0.1, 0.15) is 5.56 Å². The highest BCUT2D eigenvalue weighted by Gasteiger charge is 2.32. The summed E-state index contributed by atoms with van der Waals surface area (Å²) in [6, 6.07) is 0.738. The van der Waals surface area contributed by atoms with E-state index in [-0.39, 0.29) is 26.1 Å². The minimum atomic E-state index is -4.60. The van der Waals surface area contributed by atoms with Gasteiger partial charge < -0.3 is 0 Å². The minimum Gasteiger partial charge on any atom is -0.275 e. The van der Waals surface area contributed by atoms with E-state index in [1.165, 1.54) is 0 Å². The number of alkyl halides is 3. The molecule has 3 aromatic rings. The van der Waals surface area contributed by atoms with Crippen LogP contribution in [0, 0.1) is 5.82 Å². The predicted octanol–water partition coefficient (Wildman–Crippen LogP) is 4.14. The molecule has 0 spiro atoms. The van der Waals surface area contributed by atoms with Gasteiger partial charge in [0.05, 0.1) is 16.8 Å². The summed E-state index contributed by atoms with van der Waals surface area (Å²) >= 11 is 12.0. The zero-order chi connectivity index (χ0) is 16.8. The van der Waals surface area contributed by atoms with Gasteiger partial charge in [-0.2, -0.15) is 13.2 Å². The molecule has 3 heterocycles. The van der Waals surface area contributed by atoms with E-state index in [0.717, 1.165) is 22.9 Å². The van der Waals surface area contributed by atoms with Crippen LogP contribution in [0.15, 0.2) is 28.6 Å². The van der Waals surface area contributed by atoms with Crippen LogP contribution in [0.3, 0.4) is 0 Å². The molecule has 23 heavy (non-hydrogen) atoms. The molecule has 0 saturated heterocycles. The summed E-state index contributed by atoms with van der Waals surface area (Å²) in [7, 11) is 0. The Morgan fingerprint density at radius 3 is 2.61 bits per heavy atom. The Hall–Kier alpha value is -1.65. The minimum absolute atomic E-state index is 0.00253. The van der Waals surface area contributed by atoms with Gasteiger partial charge in [-0.25, -0.2) is 14.4 Å². The van der Waals surface area contributed by atoms with Crippen LogP contribution in [-0.2, 0) is 6.18 Å². The monoisotopic (exact) mass is 383 g/mol. The molecule has 0 unspecified atom stereocenters. The number of nitrogens with zero attached hydrogens (tertiary/aromatic N) is 5. The first-order valence-corrected chi connectivity index (χ1v) is 7.30. The van der Waals surface area contributed by atoms with Gasteiger partial charge in [-0.3, -0.25) is 4.40 Å². The van der Waals surface area contributed by atoms with Crippen LogP contribution in [0.25, 0.3) is 5.65 Å². The summed E-state index contributed by atoms with van der Waals surface area (Å²) < 4.78 is 53.2. The molecule has 0 aliphatic rings. The molecule has 0 aliphatic heterocycles. The Morgan fingerprint density at radius 2 is 1.91 bits per heavy atom. The fourth-order valence-corrected chi connectivity index (χ4v) is 2.85. The molecule has 0 fully saturated rings. The van der Waals surface area contributed by atoms with Crippen LogP contribution >= 0.6 is 35.0 Å². The molecule has 0 bridgehead atoms. The van der Waals surface area contributed by atoms with Crippen molar-refractivity contribution in [2.75, 3.05) is 0 Å². The van der Waals surface area contributed by atoms with E-state index in [1.54, 1.807) is 0 Å².